The number of benzene rings is 1. The number of rotatable bonds is 2. The normalized spacial score (nSPS) is 27.6. The number of halogens is 4. The average Bonchev–Trinajstić information content (AvgIpc) is 2.89. The van der Waals surface area contributed by atoms with Gasteiger partial charge in [-0.05, 0) is 44.0 Å². The van der Waals surface area contributed by atoms with Crippen molar-refractivity contribution < 1.29 is 17.7 Å². The van der Waals surface area contributed by atoms with Gasteiger partial charge in [-0.15, -0.1) is 0 Å². The molecule has 124 valence electrons. The highest BCUT2D eigenvalue weighted by Crippen LogP contribution is 2.42. The van der Waals surface area contributed by atoms with Crippen LogP contribution in [0.5, 0.6) is 0 Å². The van der Waals surface area contributed by atoms with Gasteiger partial charge < -0.3 is 14.7 Å². The van der Waals surface area contributed by atoms with Crippen LogP contribution in [-0.2, 0) is 6.18 Å². The van der Waals surface area contributed by atoms with Crippen LogP contribution in [0.1, 0.15) is 18.4 Å². The van der Waals surface area contributed by atoms with E-state index in [1.165, 1.54) is 12.1 Å². The first-order valence-electron chi connectivity index (χ1n) is 7.57. The zero-order valence-electron chi connectivity index (χ0n) is 12.2. The first-order chi connectivity index (χ1) is 10.9. The van der Waals surface area contributed by atoms with Gasteiger partial charge in [-0.1, -0.05) is 16.8 Å². The van der Waals surface area contributed by atoms with E-state index in [9.17, 15) is 13.2 Å². The van der Waals surface area contributed by atoms with Crippen molar-refractivity contribution in [2.75, 3.05) is 25.0 Å². The Labute approximate surface area is 135 Å². The third-order valence-electron chi connectivity index (χ3n) is 4.85. The highest BCUT2D eigenvalue weighted by Gasteiger charge is 2.39. The summed E-state index contributed by atoms with van der Waals surface area (Å²) in [5.74, 6) is 0.891. The van der Waals surface area contributed by atoms with Crippen LogP contribution in [-0.4, -0.2) is 35.7 Å². The van der Waals surface area contributed by atoms with E-state index in [1.54, 1.807) is 0 Å². The molecule has 5 rings (SSSR count). The molecule has 0 aliphatic carbocycles. The lowest BCUT2D eigenvalue weighted by atomic mass is 9.84. The lowest BCUT2D eigenvalue weighted by Gasteiger charge is -2.44. The largest absolute Gasteiger partial charge is 0.421 e. The van der Waals surface area contributed by atoms with Gasteiger partial charge in [0.15, 0.2) is 11.4 Å². The molecule has 1 aromatic carbocycles. The second-order valence-corrected chi connectivity index (χ2v) is 6.62. The standard InChI is InChI=1S/C15H15ClF3N3O/c16-10-2-1-9-13(12(10)15(17,18)19)23-21-14(9)20-11-7-22-5-3-8(11)4-6-22/h1-2,8,11H,3-7H2,(H,20,21)/t11-/m1/s1. The van der Waals surface area contributed by atoms with Crippen LogP contribution >= 0.6 is 11.6 Å². The Morgan fingerprint density at radius 3 is 2.61 bits per heavy atom. The van der Waals surface area contributed by atoms with E-state index in [0.717, 1.165) is 32.5 Å². The molecule has 0 spiro atoms. The zero-order valence-corrected chi connectivity index (χ0v) is 12.9. The van der Waals surface area contributed by atoms with E-state index in [-0.39, 0.29) is 16.6 Å². The summed E-state index contributed by atoms with van der Waals surface area (Å²) in [6.45, 7) is 3.07. The predicted molar refractivity (Wildman–Crippen MR) is 80.6 cm³/mol. The highest BCUT2D eigenvalue weighted by molar-refractivity contribution is 6.32. The molecular weight excluding hydrogens is 331 g/mol. The van der Waals surface area contributed by atoms with Crippen LogP contribution < -0.4 is 5.32 Å². The third-order valence-corrected chi connectivity index (χ3v) is 5.17. The lowest BCUT2D eigenvalue weighted by Crippen LogP contribution is -2.53. The van der Waals surface area contributed by atoms with Gasteiger partial charge in [0.1, 0.15) is 5.56 Å². The Balaban J connectivity index is 1.69. The van der Waals surface area contributed by atoms with Crippen LogP contribution in [0.3, 0.4) is 0 Å². The SMILES string of the molecule is FC(F)(F)c1c(Cl)ccc2c(N[C@@H]3CN4CCC3CC4)noc12. The van der Waals surface area contributed by atoms with Crippen molar-refractivity contribution in [3.8, 4) is 0 Å². The zero-order chi connectivity index (χ0) is 16.2. The Bertz CT molecular complexity index is 737. The number of hydrogen-bond acceptors (Lipinski definition) is 4. The van der Waals surface area contributed by atoms with Crippen LogP contribution in [0, 0.1) is 5.92 Å². The molecule has 1 aromatic heterocycles. The Morgan fingerprint density at radius 2 is 2.00 bits per heavy atom. The molecule has 1 N–H and O–H groups in total. The number of fused-ring (bicyclic) bond motifs is 4. The van der Waals surface area contributed by atoms with E-state index < -0.39 is 11.7 Å². The van der Waals surface area contributed by atoms with E-state index in [0.29, 0.717) is 17.1 Å². The van der Waals surface area contributed by atoms with Crippen molar-refractivity contribution in [3.05, 3.63) is 22.7 Å². The summed E-state index contributed by atoms with van der Waals surface area (Å²) >= 11 is 5.71. The van der Waals surface area contributed by atoms with Crippen molar-refractivity contribution in [3.63, 3.8) is 0 Å². The summed E-state index contributed by atoms with van der Waals surface area (Å²) in [5.41, 5.74) is -1.28. The first-order valence-corrected chi connectivity index (χ1v) is 7.95. The summed E-state index contributed by atoms with van der Waals surface area (Å²) in [7, 11) is 0. The maximum Gasteiger partial charge on any atom is 0.421 e. The van der Waals surface area contributed by atoms with E-state index in [2.05, 4.69) is 15.4 Å². The molecule has 1 atom stereocenters. The molecule has 4 nitrogen and oxygen atoms in total. The van der Waals surface area contributed by atoms with Crippen LogP contribution in [0.25, 0.3) is 11.0 Å². The Kier molecular flexibility index (Phi) is 3.46. The summed E-state index contributed by atoms with van der Waals surface area (Å²) in [5, 5.41) is 7.04. The maximum atomic E-state index is 13.2. The average molecular weight is 346 g/mol. The topological polar surface area (TPSA) is 41.3 Å². The molecule has 2 aromatic rings. The summed E-state index contributed by atoms with van der Waals surface area (Å²) in [4.78, 5) is 2.36. The van der Waals surface area contributed by atoms with Crippen LogP contribution in [0.2, 0.25) is 5.02 Å². The molecule has 0 amide bonds. The van der Waals surface area contributed by atoms with E-state index >= 15 is 0 Å². The molecule has 0 unspecified atom stereocenters. The quantitative estimate of drug-likeness (QED) is 0.893. The van der Waals surface area contributed by atoms with Crippen LogP contribution in [0.4, 0.5) is 19.0 Å². The number of piperidine rings is 3. The van der Waals surface area contributed by atoms with Crippen molar-refractivity contribution in [2.24, 2.45) is 5.92 Å². The highest BCUT2D eigenvalue weighted by atomic mass is 35.5. The second kappa shape index (κ2) is 5.27. The molecular formula is C15H15ClF3N3O. The fourth-order valence-electron chi connectivity index (χ4n) is 3.65. The minimum absolute atomic E-state index is 0.191. The monoisotopic (exact) mass is 345 g/mol. The van der Waals surface area contributed by atoms with Gasteiger partial charge in [0.25, 0.3) is 0 Å². The fourth-order valence-corrected chi connectivity index (χ4v) is 3.91. The Hall–Kier alpha value is -1.47. The predicted octanol–water partition coefficient (Wildman–Crippen LogP) is 4.01. The number of nitrogens with zero attached hydrogens (tertiary/aromatic N) is 2. The van der Waals surface area contributed by atoms with Gasteiger partial charge >= 0.3 is 6.18 Å². The van der Waals surface area contributed by atoms with Crippen molar-refractivity contribution in [1.29, 1.82) is 0 Å². The molecule has 0 radical (unpaired) electrons. The van der Waals surface area contributed by atoms with E-state index in [1.807, 2.05) is 0 Å². The molecule has 2 bridgehead atoms. The first kappa shape index (κ1) is 15.1. The van der Waals surface area contributed by atoms with Gasteiger partial charge in [0.2, 0.25) is 0 Å². The van der Waals surface area contributed by atoms with Gasteiger partial charge in [0.05, 0.1) is 10.4 Å². The van der Waals surface area contributed by atoms with E-state index in [4.69, 9.17) is 16.1 Å². The van der Waals surface area contributed by atoms with Crippen molar-refractivity contribution in [2.45, 2.75) is 25.1 Å². The number of anilines is 1. The Morgan fingerprint density at radius 1 is 1.26 bits per heavy atom. The molecule has 23 heavy (non-hydrogen) atoms. The number of hydrogen-bond donors (Lipinski definition) is 1. The third kappa shape index (κ3) is 2.55. The molecule has 4 heterocycles. The molecule has 3 aliphatic rings. The number of aromatic nitrogens is 1. The molecule has 0 saturated carbocycles. The summed E-state index contributed by atoms with van der Waals surface area (Å²) in [6.07, 6.45) is -2.37. The molecule has 3 aliphatic heterocycles. The molecule has 3 fully saturated rings. The summed E-state index contributed by atoms with van der Waals surface area (Å²) < 4.78 is 44.5. The van der Waals surface area contributed by atoms with Gasteiger partial charge in [-0.3, -0.25) is 0 Å². The smallest absolute Gasteiger partial charge is 0.362 e. The lowest BCUT2D eigenvalue weighted by molar-refractivity contribution is -0.136. The number of nitrogens with one attached hydrogen (secondary N) is 1. The molecule has 8 heteroatoms. The minimum atomic E-state index is -4.58. The van der Waals surface area contributed by atoms with Crippen LogP contribution in [0.15, 0.2) is 16.7 Å². The molecule has 3 saturated heterocycles. The van der Waals surface area contributed by atoms with Crippen molar-refractivity contribution in [1.82, 2.24) is 10.1 Å². The maximum absolute atomic E-state index is 13.2. The minimum Gasteiger partial charge on any atom is -0.362 e. The summed E-state index contributed by atoms with van der Waals surface area (Å²) in [6, 6.07) is 2.95. The van der Waals surface area contributed by atoms with Gasteiger partial charge in [-0.2, -0.15) is 13.2 Å². The fraction of sp³-hybridized carbons (Fsp3) is 0.533. The second-order valence-electron chi connectivity index (χ2n) is 6.22. The number of alkyl halides is 3. The van der Waals surface area contributed by atoms with Crippen molar-refractivity contribution >= 4 is 28.4 Å². The van der Waals surface area contributed by atoms with Gasteiger partial charge in [-0.25, -0.2) is 0 Å². The van der Waals surface area contributed by atoms with Gasteiger partial charge in [0, 0.05) is 12.6 Å².